The predicted octanol–water partition coefficient (Wildman–Crippen LogP) is 3.06. The molecule has 0 bridgehead atoms. The predicted molar refractivity (Wildman–Crippen MR) is 54.1 cm³/mol. The van der Waals surface area contributed by atoms with E-state index < -0.39 is 0 Å². The maximum absolute atomic E-state index is 9.28. The van der Waals surface area contributed by atoms with Crippen LogP contribution in [0.4, 0.5) is 0 Å². The molecule has 0 aliphatic carbocycles. The summed E-state index contributed by atoms with van der Waals surface area (Å²) in [5, 5.41) is 9.28. The molecule has 0 spiro atoms. The first kappa shape index (κ1) is 11.4. The zero-order chi connectivity index (χ0) is 9.23. The minimum atomic E-state index is -0.236. The monoisotopic (exact) mass is 168 g/mol. The summed E-state index contributed by atoms with van der Waals surface area (Å²) in [6.07, 6.45) is 10.8. The van der Waals surface area contributed by atoms with Crippen LogP contribution in [0.1, 0.15) is 39.0 Å². The third kappa shape index (κ3) is 7.55. The molecule has 0 saturated heterocycles. The van der Waals surface area contributed by atoms with Crippen LogP contribution >= 0.6 is 0 Å². The molecule has 0 heterocycles. The molecule has 70 valence electrons. The van der Waals surface area contributed by atoms with E-state index >= 15 is 0 Å². The standard InChI is InChI=1S/C11H20O/c1-3-5-6-7-8-10-11(12)9-4-2/h4,7-8,11-12H,2-3,5-6,9-10H2,1H3/b8-7+/t11-/m0/s1. The number of aliphatic hydroxyl groups excluding tert-OH is 1. The van der Waals surface area contributed by atoms with Crippen molar-refractivity contribution in [2.24, 2.45) is 0 Å². The quantitative estimate of drug-likeness (QED) is 0.457. The minimum absolute atomic E-state index is 0.236. The van der Waals surface area contributed by atoms with Gasteiger partial charge >= 0.3 is 0 Å². The largest absolute Gasteiger partial charge is 0.392 e. The summed E-state index contributed by atoms with van der Waals surface area (Å²) in [4.78, 5) is 0. The van der Waals surface area contributed by atoms with Crippen LogP contribution in [0.2, 0.25) is 0 Å². The second-order valence-corrected chi connectivity index (χ2v) is 3.03. The van der Waals surface area contributed by atoms with Crippen molar-refractivity contribution in [3.05, 3.63) is 24.8 Å². The van der Waals surface area contributed by atoms with E-state index in [9.17, 15) is 5.11 Å². The maximum Gasteiger partial charge on any atom is 0.0608 e. The van der Waals surface area contributed by atoms with Crippen LogP contribution in [-0.4, -0.2) is 11.2 Å². The molecule has 0 aliphatic heterocycles. The molecule has 0 aliphatic rings. The van der Waals surface area contributed by atoms with Crippen molar-refractivity contribution >= 4 is 0 Å². The van der Waals surface area contributed by atoms with E-state index in [-0.39, 0.29) is 6.10 Å². The molecular formula is C11H20O. The first-order chi connectivity index (χ1) is 5.81. The van der Waals surface area contributed by atoms with E-state index in [4.69, 9.17) is 0 Å². The van der Waals surface area contributed by atoms with Gasteiger partial charge in [0.1, 0.15) is 0 Å². The average molecular weight is 168 g/mol. The van der Waals surface area contributed by atoms with Crippen molar-refractivity contribution in [3.63, 3.8) is 0 Å². The molecule has 0 aromatic heterocycles. The number of hydrogen-bond acceptors (Lipinski definition) is 1. The van der Waals surface area contributed by atoms with Crippen molar-refractivity contribution < 1.29 is 5.11 Å². The van der Waals surface area contributed by atoms with Crippen LogP contribution in [-0.2, 0) is 0 Å². The lowest BCUT2D eigenvalue weighted by Gasteiger charge is -2.02. The molecule has 0 saturated carbocycles. The first-order valence-corrected chi connectivity index (χ1v) is 4.75. The van der Waals surface area contributed by atoms with Gasteiger partial charge in [-0.25, -0.2) is 0 Å². The van der Waals surface area contributed by atoms with Crippen molar-refractivity contribution in [2.75, 3.05) is 0 Å². The smallest absolute Gasteiger partial charge is 0.0608 e. The summed E-state index contributed by atoms with van der Waals surface area (Å²) in [6, 6.07) is 0. The van der Waals surface area contributed by atoms with Gasteiger partial charge in [0, 0.05) is 0 Å². The van der Waals surface area contributed by atoms with Crippen LogP contribution in [0, 0.1) is 0 Å². The summed E-state index contributed by atoms with van der Waals surface area (Å²) in [5.41, 5.74) is 0. The van der Waals surface area contributed by atoms with Gasteiger partial charge in [0.2, 0.25) is 0 Å². The lowest BCUT2D eigenvalue weighted by Crippen LogP contribution is -2.01. The van der Waals surface area contributed by atoms with Gasteiger partial charge in [-0.1, -0.05) is 38.0 Å². The molecule has 0 fully saturated rings. The van der Waals surface area contributed by atoms with Gasteiger partial charge in [0.25, 0.3) is 0 Å². The molecule has 0 amide bonds. The van der Waals surface area contributed by atoms with Crippen LogP contribution in [0.3, 0.4) is 0 Å². The Bertz CT molecular complexity index is 127. The van der Waals surface area contributed by atoms with Crippen LogP contribution in [0.15, 0.2) is 24.8 Å². The maximum atomic E-state index is 9.28. The van der Waals surface area contributed by atoms with Crippen molar-refractivity contribution in [1.29, 1.82) is 0 Å². The van der Waals surface area contributed by atoms with Crippen molar-refractivity contribution in [2.45, 2.75) is 45.1 Å². The van der Waals surface area contributed by atoms with Gasteiger partial charge in [0.05, 0.1) is 6.10 Å². The normalized spacial score (nSPS) is 13.5. The van der Waals surface area contributed by atoms with Crippen molar-refractivity contribution in [1.82, 2.24) is 0 Å². The lowest BCUT2D eigenvalue weighted by atomic mass is 10.1. The van der Waals surface area contributed by atoms with E-state index in [0.29, 0.717) is 6.42 Å². The number of unbranched alkanes of at least 4 members (excludes halogenated alkanes) is 2. The average Bonchev–Trinajstić information content (AvgIpc) is 2.05. The minimum Gasteiger partial charge on any atom is -0.392 e. The second-order valence-electron chi connectivity index (χ2n) is 3.03. The van der Waals surface area contributed by atoms with Crippen LogP contribution < -0.4 is 0 Å². The van der Waals surface area contributed by atoms with Gasteiger partial charge in [-0.15, -0.1) is 6.58 Å². The zero-order valence-electron chi connectivity index (χ0n) is 8.00. The Labute approximate surface area is 75.8 Å². The van der Waals surface area contributed by atoms with Crippen LogP contribution in [0.25, 0.3) is 0 Å². The van der Waals surface area contributed by atoms with Gasteiger partial charge in [-0.3, -0.25) is 0 Å². The highest BCUT2D eigenvalue weighted by Gasteiger charge is 1.95. The third-order valence-electron chi connectivity index (χ3n) is 1.74. The number of allylic oxidation sites excluding steroid dienone is 1. The van der Waals surface area contributed by atoms with E-state index in [0.717, 1.165) is 12.8 Å². The molecule has 1 N–H and O–H groups in total. The van der Waals surface area contributed by atoms with E-state index in [1.165, 1.54) is 12.8 Å². The summed E-state index contributed by atoms with van der Waals surface area (Å²) in [6.45, 7) is 5.76. The summed E-state index contributed by atoms with van der Waals surface area (Å²) >= 11 is 0. The fourth-order valence-electron chi connectivity index (χ4n) is 0.982. The van der Waals surface area contributed by atoms with Gasteiger partial charge in [-0.2, -0.15) is 0 Å². The molecule has 0 aromatic carbocycles. The fraction of sp³-hybridized carbons (Fsp3) is 0.636. The molecule has 1 atom stereocenters. The lowest BCUT2D eigenvalue weighted by molar-refractivity contribution is 0.181. The topological polar surface area (TPSA) is 20.2 Å². The molecule has 12 heavy (non-hydrogen) atoms. The summed E-state index contributed by atoms with van der Waals surface area (Å²) < 4.78 is 0. The molecule has 0 unspecified atom stereocenters. The summed E-state index contributed by atoms with van der Waals surface area (Å²) in [7, 11) is 0. The van der Waals surface area contributed by atoms with Crippen molar-refractivity contribution in [3.8, 4) is 0 Å². The molecule has 1 heteroatoms. The van der Waals surface area contributed by atoms with Gasteiger partial charge < -0.3 is 5.11 Å². The number of rotatable bonds is 7. The Hall–Kier alpha value is -0.560. The van der Waals surface area contributed by atoms with E-state index in [2.05, 4.69) is 25.7 Å². The fourth-order valence-corrected chi connectivity index (χ4v) is 0.982. The molecule has 0 radical (unpaired) electrons. The van der Waals surface area contributed by atoms with Crippen LogP contribution in [0.5, 0.6) is 0 Å². The Kier molecular flexibility index (Phi) is 8.14. The van der Waals surface area contributed by atoms with E-state index in [1.807, 2.05) is 0 Å². The SMILES string of the molecule is C=CC[C@H](O)C/C=C/CCCC. The molecule has 0 rings (SSSR count). The number of aliphatic hydroxyl groups is 1. The molecule has 1 nitrogen and oxygen atoms in total. The van der Waals surface area contributed by atoms with Gasteiger partial charge in [-0.05, 0) is 19.3 Å². The Balaban J connectivity index is 3.26. The highest BCUT2D eigenvalue weighted by atomic mass is 16.3. The highest BCUT2D eigenvalue weighted by molar-refractivity contribution is 4.85. The Morgan fingerprint density at radius 1 is 1.33 bits per heavy atom. The molecular weight excluding hydrogens is 148 g/mol. The Morgan fingerprint density at radius 3 is 2.67 bits per heavy atom. The van der Waals surface area contributed by atoms with E-state index in [1.54, 1.807) is 6.08 Å². The second kappa shape index (κ2) is 8.54. The first-order valence-electron chi connectivity index (χ1n) is 4.75. The summed E-state index contributed by atoms with van der Waals surface area (Å²) in [5.74, 6) is 0. The van der Waals surface area contributed by atoms with Gasteiger partial charge in [0.15, 0.2) is 0 Å². The number of hydrogen-bond donors (Lipinski definition) is 1. The Morgan fingerprint density at radius 2 is 2.08 bits per heavy atom. The zero-order valence-corrected chi connectivity index (χ0v) is 8.00. The molecule has 0 aromatic rings. The highest BCUT2D eigenvalue weighted by Crippen LogP contribution is 2.01. The third-order valence-corrected chi connectivity index (χ3v) is 1.74.